The maximum Gasteiger partial charge on any atom is 0.0638 e. The lowest BCUT2D eigenvalue weighted by atomic mass is 10.0. The van der Waals surface area contributed by atoms with Crippen LogP contribution in [0.4, 0.5) is 5.69 Å². The molecule has 2 aromatic rings. The van der Waals surface area contributed by atoms with Gasteiger partial charge in [-0.25, -0.2) is 0 Å². The van der Waals surface area contributed by atoms with Gasteiger partial charge in [-0.15, -0.1) is 0 Å². The van der Waals surface area contributed by atoms with E-state index in [1.165, 1.54) is 5.56 Å². The molecule has 0 saturated carbocycles. The molecular formula is C15H14BrCl2N. The molecule has 1 nitrogen and oxygen atoms in total. The van der Waals surface area contributed by atoms with E-state index in [0.29, 0.717) is 10.0 Å². The zero-order chi connectivity index (χ0) is 13.8. The fourth-order valence-electron chi connectivity index (χ4n) is 1.91. The topological polar surface area (TPSA) is 12.0 Å². The third-order valence-corrected chi connectivity index (χ3v) is 4.03. The van der Waals surface area contributed by atoms with Crippen molar-refractivity contribution in [2.45, 2.75) is 19.4 Å². The van der Waals surface area contributed by atoms with Crippen LogP contribution in [0.3, 0.4) is 0 Å². The Morgan fingerprint density at radius 2 is 1.79 bits per heavy atom. The Bertz CT molecular complexity index is 555. The number of nitrogens with one attached hydrogen (secondary N) is 1. The van der Waals surface area contributed by atoms with Gasteiger partial charge in [-0.05, 0) is 42.3 Å². The monoisotopic (exact) mass is 357 g/mol. The highest BCUT2D eigenvalue weighted by atomic mass is 79.9. The van der Waals surface area contributed by atoms with Crippen LogP contribution in [0.15, 0.2) is 46.9 Å². The lowest BCUT2D eigenvalue weighted by Crippen LogP contribution is -2.09. The highest BCUT2D eigenvalue weighted by Crippen LogP contribution is 2.30. The summed E-state index contributed by atoms with van der Waals surface area (Å²) in [5.41, 5.74) is 2.09. The number of benzene rings is 2. The Hall–Kier alpha value is -0.700. The first-order valence-electron chi connectivity index (χ1n) is 6.07. The maximum absolute atomic E-state index is 6.18. The van der Waals surface area contributed by atoms with Crippen LogP contribution in [0.5, 0.6) is 0 Å². The van der Waals surface area contributed by atoms with Gasteiger partial charge in [-0.2, -0.15) is 0 Å². The molecule has 0 bridgehead atoms. The molecule has 2 aromatic carbocycles. The molecule has 1 N–H and O–H groups in total. The molecule has 0 heterocycles. The Morgan fingerprint density at radius 1 is 1.11 bits per heavy atom. The first-order valence-corrected chi connectivity index (χ1v) is 7.62. The van der Waals surface area contributed by atoms with E-state index in [1.54, 1.807) is 12.1 Å². The molecule has 1 unspecified atom stereocenters. The second kappa shape index (κ2) is 6.65. The second-order valence-electron chi connectivity index (χ2n) is 4.28. The summed E-state index contributed by atoms with van der Waals surface area (Å²) in [6, 6.07) is 13.9. The summed E-state index contributed by atoms with van der Waals surface area (Å²) in [6.07, 6.45) is 0.963. The number of hydrogen-bond donors (Lipinski definition) is 1. The van der Waals surface area contributed by atoms with Crippen molar-refractivity contribution in [1.29, 1.82) is 0 Å². The molecule has 0 saturated heterocycles. The van der Waals surface area contributed by atoms with Gasteiger partial charge in [0.25, 0.3) is 0 Å². The molecule has 0 amide bonds. The molecule has 1 atom stereocenters. The van der Waals surface area contributed by atoms with Crippen LogP contribution < -0.4 is 5.32 Å². The molecule has 0 fully saturated rings. The van der Waals surface area contributed by atoms with Gasteiger partial charge in [0.15, 0.2) is 0 Å². The van der Waals surface area contributed by atoms with Gasteiger partial charge >= 0.3 is 0 Å². The number of rotatable bonds is 4. The maximum atomic E-state index is 6.18. The lowest BCUT2D eigenvalue weighted by molar-refractivity contribution is 0.749. The van der Waals surface area contributed by atoms with Gasteiger partial charge in [0.1, 0.15) is 0 Å². The summed E-state index contributed by atoms with van der Waals surface area (Å²) in [4.78, 5) is 0. The van der Waals surface area contributed by atoms with E-state index in [1.807, 2.05) is 18.2 Å². The third-order valence-electron chi connectivity index (χ3n) is 2.94. The molecule has 0 aliphatic rings. The van der Waals surface area contributed by atoms with Crippen LogP contribution in [-0.2, 0) is 0 Å². The van der Waals surface area contributed by atoms with Crippen molar-refractivity contribution in [2.24, 2.45) is 0 Å². The molecule has 0 spiro atoms. The summed E-state index contributed by atoms with van der Waals surface area (Å²) in [6.45, 7) is 2.14. The zero-order valence-corrected chi connectivity index (χ0v) is 13.6. The van der Waals surface area contributed by atoms with E-state index in [9.17, 15) is 0 Å². The lowest BCUT2D eigenvalue weighted by Gasteiger charge is -2.20. The Balaban J connectivity index is 2.23. The fraction of sp³-hybridized carbons (Fsp3) is 0.200. The predicted molar refractivity (Wildman–Crippen MR) is 87.3 cm³/mol. The highest BCUT2D eigenvalue weighted by molar-refractivity contribution is 9.10. The number of anilines is 1. The molecule has 0 aliphatic carbocycles. The van der Waals surface area contributed by atoms with Crippen LogP contribution in [-0.4, -0.2) is 0 Å². The molecular weight excluding hydrogens is 345 g/mol. The summed E-state index contributed by atoms with van der Waals surface area (Å²) < 4.78 is 1.08. The van der Waals surface area contributed by atoms with Gasteiger partial charge in [0, 0.05) is 9.50 Å². The third kappa shape index (κ3) is 3.88. The van der Waals surface area contributed by atoms with Crippen molar-refractivity contribution < 1.29 is 0 Å². The normalized spacial score (nSPS) is 12.2. The van der Waals surface area contributed by atoms with Gasteiger partial charge in [-0.3, -0.25) is 0 Å². The van der Waals surface area contributed by atoms with Gasteiger partial charge < -0.3 is 5.32 Å². The van der Waals surface area contributed by atoms with Crippen LogP contribution in [0.2, 0.25) is 10.0 Å². The van der Waals surface area contributed by atoms with Crippen molar-refractivity contribution >= 4 is 44.8 Å². The molecule has 19 heavy (non-hydrogen) atoms. The largest absolute Gasteiger partial charge is 0.377 e. The molecule has 0 aromatic heterocycles. The van der Waals surface area contributed by atoms with Crippen LogP contribution in [0.1, 0.15) is 24.9 Å². The van der Waals surface area contributed by atoms with E-state index in [0.717, 1.165) is 16.6 Å². The average molecular weight is 359 g/mol. The van der Waals surface area contributed by atoms with E-state index in [2.05, 4.69) is 40.3 Å². The van der Waals surface area contributed by atoms with Crippen molar-refractivity contribution in [3.63, 3.8) is 0 Å². The van der Waals surface area contributed by atoms with E-state index in [-0.39, 0.29) is 6.04 Å². The van der Waals surface area contributed by atoms with Crippen molar-refractivity contribution in [3.8, 4) is 0 Å². The second-order valence-corrected chi connectivity index (χ2v) is 6.04. The van der Waals surface area contributed by atoms with E-state index >= 15 is 0 Å². The van der Waals surface area contributed by atoms with Gasteiger partial charge in [0.2, 0.25) is 0 Å². The Kier molecular flexibility index (Phi) is 5.14. The Morgan fingerprint density at radius 3 is 2.42 bits per heavy atom. The summed E-state index contributed by atoms with van der Waals surface area (Å²) in [5.74, 6) is 0. The van der Waals surface area contributed by atoms with Crippen molar-refractivity contribution in [1.82, 2.24) is 0 Å². The quantitative estimate of drug-likeness (QED) is 0.674. The first-order chi connectivity index (χ1) is 9.10. The number of halogens is 3. The SMILES string of the molecule is CCC(Nc1cc(Cl)ccc1Cl)c1ccc(Br)cc1. The minimum atomic E-state index is 0.212. The Labute approximate surface area is 132 Å². The summed E-state index contributed by atoms with van der Waals surface area (Å²) in [7, 11) is 0. The number of hydrogen-bond acceptors (Lipinski definition) is 1. The zero-order valence-electron chi connectivity index (χ0n) is 10.5. The van der Waals surface area contributed by atoms with Crippen molar-refractivity contribution in [3.05, 3.63) is 62.5 Å². The molecule has 0 aliphatic heterocycles. The standard InChI is InChI=1S/C15H14BrCl2N/c1-2-14(10-3-5-11(16)6-4-10)19-15-9-12(17)7-8-13(15)18/h3-9,14,19H,2H2,1H3. The van der Waals surface area contributed by atoms with Crippen LogP contribution >= 0.6 is 39.1 Å². The van der Waals surface area contributed by atoms with E-state index < -0.39 is 0 Å². The van der Waals surface area contributed by atoms with Crippen LogP contribution in [0, 0.1) is 0 Å². The molecule has 4 heteroatoms. The van der Waals surface area contributed by atoms with Gasteiger partial charge in [0.05, 0.1) is 16.8 Å². The summed E-state index contributed by atoms with van der Waals surface area (Å²) >= 11 is 15.6. The first kappa shape index (κ1) is 14.7. The molecule has 2 rings (SSSR count). The minimum absolute atomic E-state index is 0.212. The molecule has 100 valence electrons. The minimum Gasteiger partial charge on any atom is -0.377 e. The van der Waals surface area contributed by atoms with E-state index in [4.69, 9.17) is 23.2 Å². The average Bonchev–Trinajstić information content (AvgIpc) is 2.41. The molecule has 0 radical (unpaired) electrons. The van der Waals surface area contributed by atoms with Gasteiger partial charge in [-0.1, -0.05) is 58.2 Å². The highest BCUT2D eigenvalue weighted by Gasteiger charge is 2.11. The summed E-state index contributed by atoms with van der Waals surface area (Å²) in [5, 5.41) is 4.80. The fourth-order valence-corrected chi connectivity index (χ4v) is 2.52. The van der Waals surface area contributed by atoms with Crippen LogP contribution in [0.25, 0.3) is 0 Å². The smallest absolute Gasteiger partial charge is 0.0638 e. The van der Waals surface area contributed by atoms with Crippen molar-refractivity contribution in [2.75, 3.05) is 5.32 Å². The predicted octanol–water partition coefficient (Wildman–Crippen LogP) is 6.32.